The van der Waals surface area contributed by atoms with Gasteiger partial charge in [-0.3, -0.25) is 0 Å². The Morgan fingerprint density at radius 1 is 1.25 bits per heavy atom. The van der Waals surface area contributed by atoms with Crippen LogP contribution in [0.25, 0.3) is 0 Å². The van der Waals surface area contributed by atoms with Crippen LogP contribution in [0.2, 0.25) is 5.15 Å². The molecule has 0 atom stereocenters. The topological polar surface area (TPSA) is 42.9 Å². The van der Waals surface area contributed by atoms with Gasteiger partial charge in [0.2, 0.25) is 0 Å². The zero-order valence-corrected chi connectivity index (χ0v) is 11.0. The number of amides is 1. The van der Waals surface area contributed by atoms with E-state index in [-0.39, 0.29) is 10.4 Å². The first-order valence-corrected chi connectivity index (χ1v) is 5.42. The van der Waals surface area contributed by atoms with Crippen molar-refractivity contribution in [3.05, 3.63) is 17.3 Å². The van der Waals surface area contributed by atoms with Crippen LogP contribution < -0.4 is 4.48 Å². The van der Waals surface area contributed by atoms with E-state index in [4.69, 9.17) is 11.6 Å². The monoisotopic (exact) mass is 242 g/mol. The molecule has 0 aliphatic carbocycles. The third-order valence-electron chi connectivity index (χ3n) is 2.34. The molecule has 0 saturated carbocycles. The minimum Gasteiger partial charge on any atom is -0.230 e. The van der Waals surface area contributed by atoms with Crippen molar-refractivity contribution in [2.75, 3.05) is 14.1 Å². The standard InChI is InChI=1S/C11H17ClN3O/c1-11(2,3)10(16)15(4,5)9-7-6-8(12)13-14-9/h6-7H,1-5H3/q+1. The molecule has 0 N–H and O–H groups in total. The molecule has 0 unspecified atom stereocenters. The molecule has 0 fully saturated rings. The Morgan fingerprint density at radius 3 is 2.19 bits per heavy atom. The summed E-state index contributed by atoms with van der Waals surface area (Å²) in [6.45, 7) is 5.66. The minimum atomic E-state index is -0.426. The molecule has 0 radical (unpaired) electrons. The summed E-state index contributed by atoms with van der Waals surface area (Å²) in [5.41, 5.74) is -0.426. The Morgan fingerprint density at radius 2 is 1.81 bits per heavy atom. The van der Waals surface area contributed by atoms with Crippen LogP contribution >= 0.6 is 11.6 Å². The molecule has 0 aliphatic rings. The molecular formula is C11H17ClN3O+. The van der Waals surface area contributed by atoms with Crippen LogP contribution in [0, 0.1) is 5.41 Å². The average Bonchev–Trinajstić information content (AvgIpc) is 2.16. The van der Waals surface area contributed by atoms with Gasteiger partial charge in [0.25, 0.3) is 5.82 Å². The number of hydrogen-bond acceptors (Lipinski definition) is 3. The number of quaternary nitrogens is 1. The summed E-state index contributed by atoms with van der Waals surface area (Å²) in [5.74, 6) is 0.661. The maximum atomic E-state index is 12.2. The van der Waals surface area contributed by atoms with Crippen LogP contribution in [0.3, 0.4) is 0 Å². The molecule has 0 bridgehead atoms. The maximum absolute atomic E-state index is 12.2. The summed E-state index contributed by atoms with van der Waals surface area (Å²) < 4.78 is 0.0632. The molecule has 0 aliphatic heterocycles. The predicted octanol–water partition coefficient (Wildman–Crippen LogP) is 2.27. The van der Waals surface area contributed by atoms with Gasteiger partial charge in [0.05, 0.1) is 19.5 Å². The van der Waals surface area contributed by atoms with Gasteiger partial charge >= 0.3 is 5.91 Å². The summed E-state index contributed by atoms with van der Waals surface area (Å²) in [6, 6.07) is 3.36. The number of hydrogen-bond donors (Lipinski definition) is 0. The van der Waals surface area contributed by atoms with E-state index < -0.39 is 5.41 Å². The lowest BCUT2D eigenvalue weighted by molar-refractivity contribution is -0.136. The number of rotatable bonds is 1. The first kappa shape index (κ1) is 13.1. The molecule has 5 heteroatoms. The molecule has 16 heavy (non-hydrogen) atoms. The summed E-state index contributed by atoms with van der Waals surface area (Å²) in [4.78, 5) is 12.2. The molecule has 1 rings (SSSR count). The number of aromatic nitrogens is 2. The van der Waals surface area contributed by atoms with Crippen molar-refractivity contribution in [2.45, 2.75) is 20.8 Å². The van der Waals surface area contributed by atoms with Crippen molar-refractivity contribution in [2.24, 2.45) is 5.41 Å². The van der Waals surface area contributed by atoms with Crippen LogP contribution in [0.4, 0.5) is 5.82 Å². The smallest absolute Gasteiger partial charge is 0.230 e. The third-order valence-corrected chi connectivity index (χ3v) is 2.54. The molecule has 1 aromatic rings. The van der Waals surface area contributed by atoms with E-state index in [1.54, 1.807) is 26.2 Å². The molecule has 4 nitrogen and oxygen atoms in total. The Labute approximate surface area is 101 Å². The molecule has 1 amide bonds. The van der Waals surface area contributed by atoms with Gasteiger partial charge < -0.3 is 0 Å². The summed E-state index contributed by atoms with van der Waals surface area (Å²) in [5, 5.41) is 8.04. The van der Waals surface area contributed by atoms with Crippen molar-refractivity contribution in [3.8, 4) is 0 Å². The lowest BCUT2D eigenvalue weighted by Gasteiger charge is -2.30. The van der Waals surface area contributed by atoms with E-state index in [9.17, 15) is 4.79 Å². The average molecular weight is 243 g/mol. The van der Waals surface area contributed by atoms with Crippen LogP contribution in [0.15, 0.2) is 12.1 Å². The Kier molecular flexibility index (Phi) is 3.35. The minimum absolute atomic E-state index is 0.0632. The first-order valence-electron chi connectivity index (χ1n) is 5.04. The SMILES string of the molecule is CC(C)(C)C(=O)[N+](C)(C)c1ccc(Cl)nn1. The van der Waals surface area contributed by atoms with E-state index >= 15 is 0 Å². The van der Waals surface area contributed by atoms with Crippen molar-refractivity contribution in [3.63, 3.8) is 0 Å². The molecule has 0 saturated heterocycles. The molecule has 1 aromatic heterocycles. The number of carbonyl (C=O) groups is 1. The van der Waals surface area contributed by atoms with E-state index in [1.165, 1.54) is 0 Å². The number of nitrogens with zero attached hydrogens (tertiary/aromatic N) is 3. The van der Waals surface area contributed by atoms with Crippen LogP contribution in [-0.2, 0) is 4.79 Å². The summed E-state index contributed by atoms with van der Waals surface area (Å²) >= 11 is 5.67. The lowest BCUT2D eigenvalue weighted by Crippen LogP contribution is -2.52. The zero-order valence-electron chi connectivity index (χ0n) is 10.3. The molecular weight excluding hydrogens is 226 g/mol. The van der Waals surface area contributed by atoms with Crippen LogP contribution in [-0.4, -0.2) is 30.2 Å². The van der Waals surface area contributed by atoms with Gasteiger partial charge in [0.1, 0.15) is 0 Å². The normalized spacial score (nSPS) is 12.6. The Balaban J connectivity index is 3.11. The Hall–Kier alpha value is -1.00. The second kappa shape index (κ2) is 4.11. The van der Waals surface area contributed by atoms with Gasteiger partial charge in [-0.2, -0.15) is 0 Å². The fraction of sp³-hybridized carbons (Fsp3) is 0.545. The second-order valence-electron chi connectivity index (χ2n) is 5.22. The molecule has 0 spiro atoms. The molecule has 0 aromatic carbocycles. The first-order chi connectivity index (χ1) is 7.15. The fourth-order valence-electron chi connectivity index (χ4n) is 1.55. The van der Waals surface area contributed by atoms with Gasteiger partial charge in [-0.15, -0.1) is 5.10 Å². The van der Waals surface area contributed by atoms with Crippen molar-refractivity contribution in [1.82, 2.24) is 14.7 Å². The number of carbonyl (C=O) groups excluding carboxylic acids is 1. The summed E-state index contributed by atoms with van der Waals surface area (Å²) in [7, 11) is 3.59. The van der Waals surface area contributed by atoms with Gasteiger partial charge in [-0.25, -0.2) is 9.28 Å². The molecule has 88 valence electrons. The van der Waals surface area contributed by atoms with Gasteiger partial charge in [0, 0.05) is 6.07 Å². The highest BCUT2D eigenvalue weighted by molar-refractivity contribution is 6.29. The second-order valence-corrected chi connectivity index (χ2v) is 5.61. The van der Waals surface area contributed by atoms with Crippen molar-refractivity contribution < 1.29 is 4.79 Å². The van der Waals surface area contributed by atoms with E-state index in [0.717, 1.165) is 0 Å². The Bertz CT molecular complexity index is 393. The van der Waals surface area contributed by atoms with Gasteiger partial charge in [0.15, 0.2) is 5.15 Å². The largest absolute Gasteiger partial charge is 0.324 e. The van der Waals surface area contributed by atoms with E-state index in [0.29, 0.717) is 11.0 Å². The highest BCUT2D eigenvalue weighted by Crippen LogP contribution is 2.25. The highest BCUT2D eigenvalue weighted by atomic mass is 35.5. The predicted molar refractivity (Wildman–Crippen MR) is 65.1 cm³/mol. The highest BCUT2D eigenvalue weighted by Gasteiger charge is 2.39. The molecule has 1 heterocycles. The van der Waals surface area contributed by atoms with Crippen LogP contribution in [0.5, 0.6) is 0 Å². The van der Waals surface area contributed by atoms with Crippen molar-refractivity contribution in [1.29, 1.82) is 0 Å². The van der Waals surface area contributed by atoms with E-state index in [1.807, 2.05) is 20.8 Å². The van der Waals surface area contributed by atoms with Crippen molar-refractivity contribution >= 4 is 23.3 Å². The number of halogens is 1. The maximum Gasteiger partial charge on any atom is 0.324 e. The lowest BCUT2D eigenvalue weighted by atomic mass is 9.94. The van der Waals surface area contributed by atoms with Gasteiger partial charge in [-0.05, 0) is 26.8 Å². The fourth-order valence-corrected chi connectivity index (χ4v) is 1.65. The van der Waals surface area contributed by atoms with E-state index in [2.05, 4.69) is 10.2 Å². The van der Waals surface area contributed by atoms with Gasteiger partial charge in [-0.1, -0.05) is 16.7 Å². The summed E-state index contributed by atoms with van der Waals surface area (Å²) in [6.07, 6.45) is 0. The van der Waals surface area contributed by atoms with Crippen LogP contribution in [0.1, 0.15) is 20.8 Å². The zero-order chi connectivity index (χ0) is 12.6. The quantitative estimate of drug-likeness (QED) is 0.710. The third kappa shape index (κ3) is 2.57.